The van der Waals surface area contributed by atoms with E-state index in [4.69, 9.17) is 33.9 Å². The molecule has 1 saturated carbocycles. The number of H-pyrrole nitrogens is 2. The summed E-state index contributed by atoms with van der Waals surface area (Å²) in [5, 5.41) is 7.45. The lowest BCUT2D eigenvalue weighted by Gasteiger charge is -2.34. The number of aromatic nitrogens is 6. The van der Waals surface area contributed by atoms with Crippen molar-refractivity contribution >= 4 is 46.2 Å². The maximum atomic E-state index is 17.0. The molecule has 20 heteroatoms. The van der Waals surface area contributed by atoms with Crippen LogP contribution in [0.2, 0.25) is 0 Å². The van der Waals surface area contributed by atoms with Gasteiger partial charge in [-0.3, -0.25) is 14.2 Å². The molecule has 4 aliphatic heterocycles. The van der Waals surface area contributed by atoms with E-state index in [1.54, 1.807) is 33.5 Å². The normalized spacial score (nSPS) is 22.3. The molecule has 18 nitrogen and oxygen atoms in total. The lowest BCUT2D eigenvalue weighted by atomic mass is 9.86. The lowest BCUT2D eigenvalue weighted by Crippen LogP contribution is -2.52. The van der Waals surface area contributed by atoms with Crippen LogP contribution in [0.5, 0.6) is 5.75 Å². The highest BCUT2D eigenvalue weighted by Gasteiger charge is 2.42. The van der Waals surface area contributed by atoms with E-state index in [0.717, 1.165) is 57.7 Å². The Labute approximate surface area is 431 Å². The largest absolute Gasteiger partial charge is 0.496 e. The Morgan fingerprint density at radius 2 is 1.49 bits per heavy atom. The Balaban J connectivity index is 0.900. The van der Waals surface area contributed by atoms with Crippen molar-refractivity contribution < 1.29 is 42.5 Å². The molecule has 5 aliphatic rings. The van der Waals surface area contributed by atoms with Gasteiger partial charge >= 0.3 is 12.2 Å². The van der Waals surface area contributed by atoms with Gasteiger partial charge in [0.15, 0.2) is 0 Å². The molecular formula is C54H61FN10O8S. The zero-order chi connectivity index (χ0) is 51.5. The zero-order valence-electron chi connectivity index (χ0n) is 42.3. The molecule has 0 radical (unpaired) electrons. The topological polar surface area (TPSA) is 211 Å². The van der Waals surface area contributed by atoms with Crippen molar-refractivity contribution in [2.45, 2.75) is 121 Å². The van der Waals surface area contributed by atoms with E-state index in [2.05, 4.69) is 31.2 Å². The molecular weight excluding hydrogens is 968 g/mol. The van der Waals surface area contributed by atoms with Crippen LogP contribution in [0.25, 0.3) is 44.7 Å². The minimum Gasteiger partial charge on any atom is -0.496 e. The number of halogens is 1. The SMILES string of the molecule is COC(=O)NC(C(=O)N1CCC[C@H]1c1ncc(-c2cc(F)c3c(c2)OC(c2cnc(C4CCC4)s2)n2c-3cc3cc(-c4cnc([C@@H]5CCCN5C(=O)C(NC(=O)OC)C5C=C(C)O[C@@H](C)C5)[nH]4)ccc32)[nH]1)C(C)C. The standard InChI is InChI=1S/C54H61FN10O8S/c1-27(2)45(61-53(68)70-5)50(66)63-16-8-12-39(63)48-57-25-37(60-48)32-21-35(55)44-41-22-33-20-31(14-15-38(33)65(41)52(73-42(44)23-32)43-26-58-49(74-43)30-10-7-11-30)36-24-56-47(59-36)40-13-9-17-64(40)51(67)46(62-54(69)71-6)34-18-28(3)72-29(4)19-34/h14-15,18,20-27,29-30,34,39-40,45-46,52H,7-13,16-17,19H2,1-6H3,(H,56,59)(H,57,60)(H,61,68)(H,62,69)/t29-,34?,39-,40-,45?,46?,52?/m0/s1. The Hall–Kier alpha value is -7.22. The highest BCUT2D eigenvalue weighted by Crippen LogP contribution is 2.49. The molecule has 7 atom stereocenters. The number of carbonyl (C=O) groups excluding carboxylic acids is 4. The van der Waals surface area contributed by atoms with Gasteiger partial charge in [-0.25, -0.2) is 28.9 Å². The van der Waals surface area contributed by atoms with Crippen LogP contribution in [0.15, 0.2) is 66.8 Å². The van der Waals surface area contributed by atoms with Gasteiger partial charge in [0.2, 0.25) is 18.0 Å². The summed E-state index contributed by atoms with van der Waals surface area (Å²) in [7, 11) is 2.56. The van der Waals surface area contributed by atoms with Crippen LogP contribution in [0, 0.1) is 17.7 Å². The fraction of sp³-hybridized carbons (Fsp3) is 0.463. The first-order valence-electron chi connectivity index (χ1n) is 25.6. The van der Waals surface area contributed by atoms with Crippen LogP contribution >= 0.6 is 11.3 Å². The molecule has 1 aliphatic carbocycles. The number of methoxy groups -OCH3 is 2. The molecule has 4 amide bonds. The zero-order valence-corrected chi connectivity index (χ0v) is 43.1. The first-order chi connectivity index (χ1) is 35.8. The summed E-state index contributed by atoms with van der Waals surface area (Å²) in [6.07, 6.45) is 11.9. The van der Waals surface area contributed by atoms with Gasteiger partial charge in [0.05, 0.1) is 88.6 Å². The Bertz CT molecular complexity index is 3170. The number of hydrogen-bond acceptors (Lipinski definition) is 12. The van der Waals surface area contributed by atoms with Crippen molar-refractivity contribution in [1.82, 2.24) is 49.9 Å². The predicted octanol–water partition coefficient (Wildman–Crippen LogP) is 9.65. The van der Waals surface area contributed by atoms with E-state index in [-0.39, 0.29) is 41.8 Å². The van der Waals surface area contributed by atoms with Crippen LogP contribution in [0.4, 0.5) is 14.0 Å². The van der Waals surface area contributed by atoms with Crippen molar-refractivity contribution in [2.75, 3.05) is 27.3 Å². The predicted molar refractivity (Wildman–Crippen MR) is 273 cm³/mol. The van der Waals surface area contributed by atoms with Crippen molar-refractivity contribution in [2.24, 2.45) is 11.8 Å². The number of alkyl carbamates (subject to hydrolysis) is 2. The Morgan fingerprint density at radius 1 is 0.811 bits per heavy atom. The third kappa shape index (κ3) is 9.04. The number of hydrogen-bond donors (Lipinski definition) is 4. The van der Waals surface area contributed by atoms with Gasteiger partial charge in [-0.1, -0.05) is 26.3 Å². The Kier molecular flexibility index (Phi) is 13.2. The highest BCUT2D eigenvalue weighted by atomic mass is 32.1. The monoisotopic (exact) mass is 1030 g/mol. The molecule has 3 fully saturated rings. The van der Waals surface area contributed by atoms with E-state index in [9.17, 15) is 19.2 Å². The van der Waals surface area contributed by atoms with Crippen molar-refractivity contribution in [3.8, 4) is 39.5 Å². The summed E-state index contributed by atoms with van der Waals surface area (Å²) < 4.78 is 41.6. The number of fused-ring (bicyclic) bond motifs is 5. The molecule has 388 valence electrons. The van der Waals surface area contributed by atoms with Gasteiger partial charge in [0, 0.05) is 47.6 Å². The average Bonchev–Trinajstić information content (AvgIpc) is 4.23. The van der Waals surface area contributed by atoms with Gasteiger partial charge in [-0.2, -0.15) is 0 Å². The van der Waals surface area contributed by atoms with Gasteiger partial charge < -0.3 is 49.3 Å². The van der Waals surface area contributed by atoms with Gasteiger partial charge in [0.1, 0.15) is 35.3 Å². The fourth-order valence-corrected chi connectivity index (χ4v) is 12.6. The second-order valence-electron chi connectivity index (χ2n) is 20.5. The number of ether oxygens (including phenoxy) is 4. The number of carbonyl (C=O) groups is 4. The summed E-state index contributed by atoms with van der Waals surface area (Å²) >= 11 is 1.63. The van der Waals surface area contributed by atoms with Gasteiger partial charge in [-0.15, -0.1) is 11.3 Å². The third-order valence-electron chi connectivity index (χ3n) is 15.4. The Morgan fingerprint density at radius 3 is 2.14 bits per heavy atom. The summed E-state index contributed by atoms with van der Waals surface area (Å²) in [4.78, 5) is 78.8. The highest BCUT2D eigenvalue weighted by molar-refractivity contribution is 7.11. The molecule has 0 bridgehead atoms. The van der Waals surface area contributed by atoms with Crippen molar-refractivity contribution in [3.63, 3.8) is 0 Å². The quantitative estimate of drug-likeness (QED) is 0.0906. The number of imidazole rings is 2. The number of rotatable bonds is 12. The van der Waals surface area contributed by atoms with Crippen LogP contribution in [-0.4, -0.2) is 109 Å². The maximum Gasteiger partial charge on any atom is 0.407 e. The minimum absolute atomic E-state index is 0.121. The van der Waals surface area contributed by atoms with Gasteiger partial charge in [0.25, 0.3) is 0 Å². The molecule has 4 unspecified atom stereocenters. The second kappa shape index (κ2) is 19.9. The molecule has 11 rings (SSSR count). The summed E-state index contributed by atoms with van der Waals surface area (Å²) in [6, 6.07) is 9.08. The lowest BCUT2D eigenvalue weighted by molar-refractivity contribution is -0.136. The number of amides is 4. The molecule has 4 N–H and O–H groups in total. The molecule has 2 saturated heterocycles. The summed E-state index contributed by atoms with van der Waals surface area (Å²) in [5.41, 5.74) is 4.54. The number of nitrogens with one attached hydrogen (secondary N) is 4. The number of thiazole rings is 1. The molecule has 74 heavy (non-hydrogen) atoms. The fourth-order valence-electron chi connectivity index (χ4n) is 11.5. The number of benzene rings is 2. The number of likely N-dealkylation sites (tertiary alicyclic amines) is 2. The molecule has 8 heterocycles. The first kappa shape index (κ1) is 49.0. The molecule has 2 aromatic carbocycles. The van der Waals surface area contributed by atoms with Crippen molar-refractivity contribution in [3.05, 3.63) is 94.2 Å². The third-order valence-corrected chi connectivity index (χ3v) is 16.6. The first-order valence-corrected chi connectivity index (χ1v) is 26.4. The van der Waals surface area contributed by atoms with Gasteiger partial charge in [-0.05, 0) is 101 Å². The average molecular weight is 1030 g/mol. The van der Waals surface area contributed by atoms with Crippen LogP contribution in [0.3, 0.4) is 0 Å². The number of nitrogens with zero attached hydrogens (tertiary/aromatic N) is 6. The molecule has 6 aromatic rings. The van der Waals surface area contributed by atoms with Crippen LogP contribution in [0.1, 0.15) is 125 Å². The van der Waals surface area contributed by atoms with Crippen molar-refractivity contribution in [1.29, 1.82) is 0 Å². The minimum atomic E-state index is -0.848. The van der Waals surface area contributed by atoms with E-state index < -0.39 is 36.3 Å². The van der Waals surface area contributed by atoms with E-state index in [0.29, 0.717) is 83.9 Å². The van der Waals surface area contributed by atoms with Crippen LogP contribution < -0.4 is 15.4 Å². The molecule has 4 aromatic heterocycles. The maximum absolute atomic E-state index is 17.0. The van der Waals surface area contributed by atoms with E-state index >= 15 is 4.39 Å². The van der Waals surface area contributed by atoms with E-state index in [1.807, 2.05) is 64.2 Å². The summed E-state index contributed by atoms with van der Waals surface area (Å²) in [6.45, 7) is 8.56. The smallest absolute Gasteiger partial charge is 0.407 e. The molecule has 0 spiro atoms. The van der Waals surface area contributed by atoms with E-state index in [1.165, 1.54) is 26.7 Å². The van der Waals surface area contributed by atoms with Crippen LogP contribution in [-0.2, 0) is 23.8 Å². The number of allylic oxidation sites excluding steroid dienone is 1. The number of aromatic amines is 2. The summed E-state index contributed by atoms with van der Waals surface area (Å²) in [5.74, 6) is 1.35. The second-order valence-corrected chi connectivity index (χ2v) is 21.6.